The number of aliphatic imine (C=N–C) groups is 1. The second-order valence-electron chi connectivity index (χ2n) is 16.7. The van der Waals surface area contributed by atoms with E-state index >= 15 is 0 Å². The predicted octanol–water partition coefficient (Wildman–Crippen LogP) is -4.44. The molecule has 27 heteroatoms. The van der Waals surface area contributed by atoms with Crippen LogP contribution in [0.4, 0.5) is 0 Å². The summed E-state index contributed by atoms with van der Waals surface area (Å²) in [5.74, 6) is -9.66. The molecule has 0 saturated carbocycles. The van der Waals surface area contributed by atoms with E-state index in [-0.39, 0.29) is 75.0 Å². The van der Waals surface area contributed by atoms with Crippen LogP contribution < -0.4 is 65.9 Å². The van der Waals surface area contributed by atoms with Gasteiger partial charge in [0.25, 0.3) is 0 Å². The lowest BCUT2D eigenvalue weighted by molar-refractivity contribution is -0.142. The predicted molar refractivity (Wildman–Crippen MR) is 249 cm³/mol. The van der Waals surface area contributed by atoms with Crippen molar-refractivity contribution in [2.75, 3.05) is 31.1 Å². The summed E-state index contributed by atoms with van der Waals surface area (Å²) in [6, 6.07) is -9.29. The minimum atomic E-state index is -1.72. The minimum Gasteiger partial charge on any atom is -0.370 e. The van der Waals surface area contributed by atoms with Crippen molar-refractivity contribution in [1.29, 1.82) is 0 Å². The third-order valence-corrected chi connectivity index (χ3v) is 13.1. The number of nitrogens with zero attached hydrogens (tertiary/aromatic N) is 2. The maximum atomic E-state index is 14.4. The Balaban J connectivity index is 2.57. The highest BCUT2D eigenvalue weighted by Gasteiger charge is 2.40. The number of primary amides is 3. The molecule has 0 bridgehead atoms. The fourth-order valence-corrected chi connectivity index (χ4v) is 9.17. The van der Waals surface area contributed by atoms with Gasteiger partial charge in [-0.1, -0.05) is 55.7 Å². The number of carbonyl (C=O) groups is 11. The highest BCUT2D eigenvalue weighted by atomic mass is 33.1. The van der Waals surface area contributed by atoms with Gasteiger partial charge in [0.15, 0.2) is 5.96 Å². The standard InChI is InChI=1S/C40H68N14O11S2/c1-5-21(4)32-38(64)49-23(10-11-28(41)55)34(60)50-25(17-29(42)56)36(62)52-26(19-67-66-15-12-31(58)48-22(35(61)53-32)8-6-13-46-40(44)45)39(65)54-14-7-9-27(54)37(63)51-24(16-20(2)3)33(59)47-18-30(43)57/h20-27,32H,5-19H2,1-4H3,(H2,41,55)(H2,42,56)(H2,43,57)(H,47,59)(H,48,58)(H,49,64)(H,50,60)(H,51,63)(H,52,62)(H,53,61)(H4,44,45,46)/t21-,22-,23-,24-,25-,26-,27-,32-/m0/s1. The first kappa shape index (κ1) is 57.3. The molecular weight excluding hydrogens is 917 g/mol. The summed E-state index contributed by atoms with van der Waals surface area (Å²) in [4.78, 5) is 151. The number of nitrogens with one attached hydrogen (secondary N) is 7. The van der Waals surface area contributed by atoms with Crippen molar-refractivity contribution in [2.45, 2.75) is 134 Å². The molecule has 25 nitrogen and oxygen atoms in total. The SMILES string of the molecule is CC[C@H](C)[C@@H]1NC(=O)[C@H](CCCN=C(N)N)NC(=O)CCSSC[C@@H](C(=O)N2CCC[C@H]2C(=O)N[C@@H](CC(C)C)C(=O)NCC(N)=O)NC(=O)[C@H](CC(N)=O)NC(=O)[C@H](CCC(N)=O)NC1=O. The van der Waals surface area contributed by atoms with E-state index in [1.807, 2.05) is 13.8 Å². The van der Waals surface area contributed by atoms with E-state index in [2.05, 4.69) is 42.2 Å². The van der Waals surface area contributed by atoms with Crippen LogP contribution in [0, 0.1) is 11.8 Å². The van der Waals surface area contributed by atoms with E-state index in [4.69, 9.17) is 28.7 Å². The Morgan fingerprint density at radius 1 is 0.791 bits per heavy atom. The zero-order chi connectivity index (χ0) is 50.4. The number of hydrogen-bond acceptors (Lipinski definition) is 14. The summed E-state index contributed by atoms with van der Waals surface area (Å²) in [5, 5.41) is 17.9. The molecule has 0 aromatic carbocycles. The molecule has 0 aromatic heterocycles. The second kappa shape index (κ2) is 29.0. The number of rotatable bonds is 19. The van der Waals surface area contributed by atoms with Gasteiger partial charge in [-0.25, -0.2) is 0 Å². The van der Waals surface area contributed by atoms with Gasteiger partial charge in [0, 0.05) is 37.4 Å². The molecule has 376 valence electrons. The quantitative estimate of drug-likeness (QED) is 0.0252. The molecule has 0 aromatic rings. The van der Waals surface area contributed by atoms with Crippen molar-refractivity contribution in [3.8, 4) is 0 Å². The molecule has 2 rings (SSSR count). The summed E-state index contributed by atoms with van der Waals surface area (Å²) in [6.45, 7) is 6.81. The summed E-state index contributed by atoms with van der Waals surface area (Å²) in [5.41, 5.74) is 27.0. The largest absolute Gasteiger partial charge is 0.370 e. The lowest BCUT2D eigenvalue weighted by Gasteiger charge is -2.31. The van der Waals surface area contributed by atoms with Crippen LogP contribution in [0.15, 0.2) is 4.99 Å². The molecule has 2 heterocycles. The molecule has 17 N–H and O–H groups in total. The highest BCUT2D eigenvalue weighted by molar-refractivity contribution is 8.76. The summed E-state index contributed by atoms with van der Waals surface area (Å²) in [7, 11) is 2.24. The Kier molecular flexibility index (Phi) is 24.8. The summed E-state index contributed by atoms with van der Waals surface area (Å²) < 4.78 is 0. The molecular formula is C40H68N14O11S2. The molecule has 2 saturated heterocycles. The molecule has 2 aliphatic heterocycles. The summed E-state index contributed by atoms with van der Waals surface area (Å²) >= 11 is 0. The molecule has 0 radical (unpaired) electrons. The van der Waals surface area contributed by atoms with E-state index in [1.54, 1.807) is 13.8 Å². The lowest BCUT2D eigenvalue weighted by atomic mass is 9.96. The second-order valence-corrected chi connectivity index (χ2v) is 19.3. The van der Waals surface area contributed by atoms with Gasteiger partial charge in [0.05, 0.1) is 13.0 Å². The first-order chi connectivity index (χ1) is 31.5. The smallest absolute Gasteiger partial charge is 0.246 e. The van der Waals surface area contributed by atoms with Crippen molar-refractivity contribution in [1.82, 2.24) is 42.1 Å². The van der Waals surface area contributed by atoms with E-state index in [9.17, 15) is 52.7 Å². The topological polar surface area (TPSA) is 418 Å². The van der Waals surface area contributed by atoms with Crippen LogP contribution >= 0.6 is 21.6 Å². The van der Waals surface area contributed by atoms with Crippen LogP contribution in [0.25, 0.3) is 0 Å². The fourth-order valence-electron chi connectivity index (χ4n) is 7.02. The molecule has 2 aliphatic rings. The molecule has 2 fully saturated rings. The number of amides is 11. The van der Waals surface area contributed by atoms with Crippen molar-refractivity contribution in [3.05, 3.63) is 0 Å². The Bertz CT molecular complexity index is 1840. The Hall–Kier alpha value is -5.86. The highest BCUT2D eigenvalue weighted by Crippen LogP contribution is 2.26. The van der Waals surface area contributed by atoms with Gasteiger partial charge in [0.2, 0.25) is 65.0 Å². The number of likely N-dealkylation sites (tertiary alicyclic amines) is 1. The number of carbonyl (C=O) groups excluding carboxylic acids is 11. The first-order valence-electron chi connectivity index (χ1n) is 22.1. The van der Waals surface area contributed by atoms with Crippen LogP contribution in [0.3, 0.4) is 0 Å². The van der Waals surface area contributed by atoms with Gasteiger partial charge in [0.1, 0.15) is 42.3 Å². The number of nitrogens with two attached hydrogens (primary N) is 5. The molecule has 0 spiro atoms. The van der Waals surface area contributed by atoms with Gasteiger partial charge in [-0.2, -0.15) is 0 Å². The summed E-state index contributed by atoms with van der Waals surface area (Å²) in [6.07, 6.45) is -0.232. The van der Waals surface area contributed by atoms with Gasteiger partial charge in [-0.15, -0.1) is 0 Å². The Labute approximate surface area is 397 Å². The molecule has 0 aliphatic carbocycles. The molecule has 0 unspecified atom stereocenters. The van der Waals surface area contributed by atoms with Crippen LogP contribution in [0.1, 0.15) is 91.9 Å². The van der Waals surface area contributed by atoms with E-state index < -0.39 is 133 Å². The van der Waals surface area contributed by atoms with Crippen LogP contribution in [0.2, 0.25) is 0 Å². The fraction of sp³-hybridized carbons (Fsp3) is 0.700. The van der Waals surface area contributed by atoms with Gasteiger partial charge >= 0.3 is 0 Å². The Morgan fingerprint density at radius 3 is 2.04 bits per heavy atom. The van der Waals surface area contributed by atoms with Gasteiger partial charge in [-0.3, -0.25) is 57.7 Å². The van der Waals surface area contributed by atoms with E-state index in [0.29, 0.717) is 12.8 Å². The average molecular weight is 985 g/mol. The lowest BCUT2D eigenvalue weighted by Crippen LogP contribution is -2.61. The number of hydrogen-bond donors (Lipinski definition) is 12. The van der Waals surface area contributed by atoms with Crippen molar-refractivity contribution < 1.29 is 52.7 Å². The third kappa shape index (κ3) is 20.7. The zero-order valence-electron chi connectivity index (χ0n) is 38.4. The minimum absolute atomic E-state index is 0.0653. The van der Waals surface area contributed by atoms with Crippen molar-refractivity contribution in [3.63, 3.8) is 0 Å². The Morgan fingerprint density at radius 2 is 1.43 bits per heavy atom. The van der Waals surface area contributed by atoms with E-state index in [1.165, 1.54) is 4.90 Å². The molecule has 8 atom stereocenters. The molecule has 11 amide bonds. The third-order valence-electron chi connectivity index (χ3n) is 10.7. The monoisotopic (exact) mass is 984 g/mol. The van der Waals surface area contributed by atoms with Crippen LogP contribution in [0.5, 0.6) is 0 Å². The maximum Gasteiger partial charge on any atom is 0.246 e. The molecule has 67 heavy (non-hydrogen) atoms. The zero-order valence-corrected chi connectivity index (χ0v) is 40.0. The average Bonchev–Trinajstić information content (AvgIpc) is 3.75. The maximum absolute atomic E-state index is 14.4. The van der Waals surface area contributed by atoms with Crippen molar-refractivity contribution >= 4 is 92.5 Å². The first-order valence-corrected chi connectivity index (χ1v) is 24.6. The number of guanidine groups is 1. The van der Waals surface area contributed by atoms with E-state index in [0.717, 1.165) is 21.6 Å². The van der Waals surface area contributed by atoms with Gasteiger partial charge in [-0.05, 0) is 50.4 Å². The van der Waals surface area contributed by atoms with Crippen molar-refractivity contribution in [2.24, 2.45) is 45.5 Å². The normalized spacial score (nSPS) is 23.5. The van der Waals surface area contributed by atoms with Crippen LogP contribution in [-0.4, -0.2) is 149 Å². The van der Waals surface area contributed by atoms with Crippen LogP contribution in [-0.2, 0) is 52.7 Å². The van der Waals surface area contributed by atoms with Gasteiger partial charge < -0.3 is 70.8 Å².